The van der Waals surface area contributed by atoms with Gasteiger partial charge in [-0.05, 0) is 5.56 Å². The highest BCUT2D eigenvalue weighted by atomic mass is 16.5. The summed E-state index contributed by atoms with van der Waals surface area (Å²) in [7, 11) is 0. The highest BCUT2D eigenvalue weighted by Crippen LogP contribution is 2.35. The Hall–Kier alpha value is -0.860. The Balaban J connectivity index is 2.53. The van der Waals surface area contributed by atoms with Crippen LogP contribution in [0.2, 0.25) is 0 Å². The van der Waals surface area contributed by atoms with Gasteiger partial charge < -0.3 is 10.2 Å². The maximum absolute atomic E-state index is 9.12. The third kappa shape index (κ3) is 0.602. The molecule has 2 nitrogen and oxygen atoms in total. The Labute approximate surface area is 58.7 Å². The minimum absolute atomic E-state index is 0.364. The molecule has 0 aromatic heterocycles. The van der Waals surface area contributed by atoms with Crippen LogP contribution < -0.4 is 0 Å². The molecule has 2 N–H and O–H groups in total. The van der Waals surface area contributed by atoms with Crippen molar-refractivity contribution in [2.75, 3.05) is 0 Å². The zero-order valence-electron chi connectivity index (χ0n) is 5.41. The second-order valence-corrected chi connectivity index (χ2v) is 2.65. The van der Waals surface area contributed by atoms with Gasteiger partial charge in [-0.2, -0.15) is 0 Å². The fourth-order valence-corrected chi connectivity index (χ4v) is 1.32. The molecule has 0 atom stereocenters. The first kappa shape index (κ1) is 5.89. The van der Waals surface area contributed by atoms with E-state index in [4.69, 9.17) is 10.2 Å². The van der Waals surface area contributed by atoms with Crippen molar-refractivity contribution in [1.82, 2.24) is 0 Å². The fraction of sp³-hybridized carbons (Fsp3) is 0.250. The van der Waals surface area contributed by atoms with E-state index in [-0.39, 0.29) is 0 Å². The predicted octanol–water partition coefficient (Wildman–Crippen LogP) is 0.380. The normalized spacial score (nSPS) is 19.4. The van der Waals surface area contributed by atoms with E-state index in [0.29, 0.717) is 12.0 Å². The lowest BCUT2D eigenvalue weighted by atomic mass is 9.82. The van der Waals surface area contributed by atoms with Gasteiger partial charge in [-0.15, -0.1) is 0 Å². The number of fused-ring (bicyclic) bond motifs is 1. The van der Waals surface area contributed by atoms with E-state index in [0.717, 1.165) is 5.56 Å². The summed E-state index contributed by atoms with van der Waals surface area (Å²) in [6.07, 6.45) is 0.364. The molecule has 0 fully saturated rings. The average molecular weight is 136 g/mol. The quantitative estimate of drug-likeness (QED) is 0.506. The zero-order chi connectivity index (χ0) is 7.19. The van der Waals surface area contributed by atoms with Crippen molar-refractivity contribution in [3.63, 3.8) is 0 Å². The van der Waals surface area contributed by atoms with Crippen molar-refractivity contribution >= 4 is 0 Å². The predicted molar refractivity (Wildman–Crippen MR) is 36.3 cm³/mol. The molecule has 0 saturated heterocycles. The first-order valence-electron chi connectivity index (χ1n) is 3.23. The SMILES string of the molecule is OC1(O)Cc2ccccc21. The van der Waals surface area contributed by atoms with E-state index in [1.165, 1.54) is 0 Å². The molecule has 0 heterocycles. The standard InChI is InChI=1S/C8H8O2/c9-8(10)5-6-3-1-2-4-7(6)8/h1-4,9-10H,5H2. The summed E-state index contributed by atoms with van der Waals surface area (Å²) in [5.74, 6) is -1.55. The molecule has 0 bridgehead atoms. The minimum atomic E-state index is -1.55. The van der Waals surface area contributed by atoms with Crippen LogP contribution in [-0.4, -0.2) is 10.2 Å². The van der Waals surface area contributed by atoms with Crippen molar-refractivity contribution in [2.24, 2.45) is 0 Å². The van der Waals surface area contributed by atoms with Crippen molar-refractivity contribution in [2.45, 2.75) is 12.2 Å². The summed E-state index contributed by atoms with van der Waals surface area (Å²) in [5, 5.41) is 18.2. The van der Waals surface area contributed by atoms with Crippen LogP contribution in [0.1, 0.15) is 11.1 Å². The number of benzene rings is 1. The molecule has 0 aliphatic heterocycles. The summed E-state index contributed by atoms with van der Waals surface area (Å²) in [6, 6.07) is 7.34. The molecular formula is C8H8O2. The Morgan fingerprint density at radius 2 is 1.90 bits per heavy atom. The lowest BCUT2D eigenvalue weighted by Crippen LogP contribution is -2.37. The highest BCUT2D eigenvalue weighted by molar-refractivity contribution is 5.39. The van der Waals surface area contributed by atoms with Gasteiger partial charge in [0.15, 0.2) is 5.79 Å². The first-order chi connectivity index (χ1) is 4.70. The number of hydrogen-bond acceptors (Lipinski definition) is 2. The van der Waals surface area contributed by atoms with Crippen LogP contribution in [-0.2, 0) is 12.2 Å². The van der Waals surface area contributed by atoms with Crippen molar-refractivity contribution in [3.8, 4) is 0 Å². The van der Waals surface area contributed by atoms with E-state index >= 15 is 0 Å². The van der Waals surface area contributed by atoms with Crippen molar-refractivity contribution in [3.05, 3.63) is 35.4 Å². The third-order valence-corrected chi connectivity index (χ3v) is 1.89. The molecular weight excluding hydrogens is 128 g/mol. The highest BCUT2D eigenvalue weighted by Gasteiger charge is 2.37. The monoisotopic (exact) mass is 136 g/mol. The van der Waals surface area contributed by atoms with E-state index in [9.17, 15) is 0 Å². The number of rotatable bonds is 0. The van der Waals surface area contributed by atoms with Crippen LogP contribution in [0.5, 0.6) is 0 Å². The molecule has 52 valence electrons. The van der Waals surface area contributed by atoms with E-state index in [1.807, 2.05) is 12.1 Å². The third-order valence-electron chi connectivity index (χ3n) is 1.89. The topological polar surface area (TPSA) is 40.5 Å². The number of hydrogen-bond donors (Lipinski definition) is 2. The molecule has 1 aromatic carbocycles. The minimum Gasteiger partial charge on any atom is -0.362 e. The van der Waals surface area contributed by atoms with Gasteiger partial charge in [-0.25, -0.2) is 0 Å². The fourth-order valence-electron chi connectivity index (χ4n) is 1.32. The van der Waals surface area contributed by atoms with E-state index in [2.05, 4.69) is 0 Å². The van der Waals surface area contributed by atoms with Crippen molar-refractivity contribution < 1.29 is 10.2 Å². The molecule has 1 aliphatic rings. The summed E-state index contributed by atoms with van der Waals surface area (Å²) >= 11 is 0. The number of aliphatic hydroxyl groups is 2. The van der Waals surface area contributed by atoms with Gasteiger partial charge in [0.2, 0.25) is 0 Å². The zero-order valence-corrected chi connectivity index (χ0v) is 5.41. The molecule has 0 saturated carbocycles. The molecule has 2 rings (SSSR count). The van der Waals surface area contributed by atoms with Gasteiger partial charge in [0.1, 0.15) is 0 Å². The van der Waals surface area contributed by atoms with E-state index < -0.39 is 5.79 Å². The maximum atomic E-state index is 9.12. The van der Waals surface area contributed by atoms with Crippen LogP contribution in [0.3, 0.4) is 0 Å². The lowest BCUT2D eigenvalue weighted by molar-refractivity contribution is -0.186. The average Bonchev–Trinajstić information content (AvgIpc) is 1.86. The van der Waals surface area contributed by atoms with Gasteiger partial charge in [0.25, 0.3) is 0 Å². The van der Waals surface area contributed by atoms with E-state index in [1.54, 1.807) is 12.1 Å². The second kappa shape index (κ2) is 1.59. The Kier molecular flexibility index (Phi) is 0.938. The summed E-state index contributed by atoms with van der Waals surface area (Å²) in [5.41, 5.74) is 1.68. The molecule has 1 aromatic rings. The van der Waals surface area contributed by atoms with Gasteiger partial charge >= 0.3 is 0 Å². The Bertz CT molecular complexity index is 266. The molecule has 2 heteroatoms. The second-order valence-electron chi connectivity index (χ2n) is 2.65. The van der Waals surface area contributed by atoms with Crippen LogP contribution in [0, 0.1) is 0 Å². The van der Waals surface area contributed by atoms with Gasteiger partial charge in [0.05, 0.1) is 0 Å². The largest absolute Gasteiger partial charge is 0.362 e. The van der Waals surface area contributed by atoms with Gasteiger partial charge in [0, 0.05) is 12.0 Å². The molecule has 1 aliphatic carbocycles. The summed E-state index contributed by atoms with van der Waals surface area (Å²) in [6.45, 7) is 0. The van der Waals surface area contributed by atoms with Crippen LogP contribution in [0.4, 0.5) is 0 Å². The lowest BCUT2D eigenvalue weighted by Gasteiger charge is -2.33. The smallest absolute Gasteiger partial charge is 0.194 e. The van der Waals surface area contributed by atoms with Gasteiger partial charge in [-0.3, -0.25) is 0 Å². The first-order valence-corrected chi connectivity index (χ1v) is 3.23. The van der Waals surface area contributed by atoms with Crippen molar-refractivity contribution in [1.29, 1.82) is 0 Å². The van der Waals surface area contributed by atoms with Gasteiger partial charge in [-0.1, -0.05) is 24.3 Å². The molecule has 0 unspecified atom stereocenters. The maximum Gasteiger partial charge on any atom is 0.194 e. The molecule has 0 amide bonds. The molecule has 10 heavy (non-hydrogen) atoms. The molecule has 0 spiro atoms. The van der Waals surface area contributed by atoms with Crippen LogP contribution in [0.15, 0.2) is 24.3 Å². The Morgan fingerprint density at radius 3 is 2.40 bits per heavy atom. The summed E-state index contributed by atoms with van der Waals surface area (Å²) < 4.78 is 0. The Morgan fingerprint density at radius 1 is 1.20 bits per heavy atom. The summed E-state index contributed by atoms with van der Waals surface area (Å²) in [4.78, 5) is 0. The van der Waals surface area contributed by atoms with Crippen LogP contribution >= 0.6 is 0 Å². The molecule has 0 radical (unpaired) electrons. The van der Waals surface area contributed by atoms with Crippen LogP contribution in [0.25, 0.3) is 0 Å².